The average molecular weight is 274 g/mol. The zero-order valence-corrected chi connectivity index (χ0v) is 11.3. The van der Waals surface area contributed by atoms with Gasteiger partial charge in [-0.1, -0.05) is 18.2 Å². The molecule has 4 nitrogen and oxygen atoms in total. The summed E-state index contributed by atoms with van der Waals surface area (Å²) in [6.07, 6.45) is 0. The van der Waals surface area contributed by atoms with Crippen LogP contribution in [0.15, 0.2) is 36.4 Å². The van der Waals surface area contributed by atoms with E-state index in [0.717, 1.165) is 11.1 Å². The Morgan fingerprint density at radius 2 is 2.00 bits per heavy atom. The Labute approximate surface area is 116 Å². The number of aryl methyl sites for hydroxylation is 1. The Hall–Kier alpha value is -2.43. The maximum Gasteiger partial charge on any atom is 0.272 e. The molecule has 2 aromatic carbocycles. The molecule has 0 saturated heterocycles. The summed E-state index contributed by atoms with van der Waals surface area (Å²) in [6.45, 7) is 4.01. The third-order valence-electron chi connectivity index (χ3n) is 3.28. The molecule has 0 aliphatic rings. The second kappa shape index (κ2) is 5.69. The summed E-state index contributed by atoms with van der Waals surface area (Å²) in [6, 6.07) is 9.47. The van der Waals surface area contributed by atoms with Crippen LogP contribution in [0.5, 0.6) is 0 Å². The van der Waals surface area contributed by atoms with Gasteiger partial charge in [-0.2, -0.15) is 0 Å². The monoisotopic (exact) mass is 274 g/mol. The number of nitro benzene ring substituents is 1. The molecule has 0 fully saturated rings. The van der Waals surface area contributed by atoms with E-state index < -0.39 is 4.92 Å². The molecule has 0 aliphatic carbocycles. The molecule has 20 heavy (non-hydrogen) atoms. The highest BCUT2D eigenvalue weighted by molar-refractivity contribution is 5.52. The highest BCUT2D eigenvalue weighted by atomic mass is 19.1. The number of benzene rings is 2. The van der Waals surface area contributed by atoms with E-state index in [1.165, 1.54) is 18.2 Å². The van der Waals surface area contributed by atoms with Gasteiger partial charge < -0.3 is 5.32 Å². The van der Waals surface area contributed by atoms with Crippen molar-refractivity contribution in [2.45, 2.75) is 20.4 Å². The Morgan fingerprint density at radius 1 is 1.25 bits per heavy atom. The summed E-state index contributed by atoms with van der Waals surface area (Å²) in [4.78, 5) is 10.5. The van der Waals surface area contributed by atoms with Crippen molar-refractivity contribution in [2.75, 3.05) is 5.32 Å². The van der Waals surface area contributed by atoms with E-state index in [9.17, 15) is 14.5 Å². The highest BCUT2D eigenvalue weighted by Crippen LogP contribution is 2.23. The van der Waals surface area contributed by atoms with E-state index in [1.54, 1.807) is 19.1 Å². The molecular formula is C15H15FN2O2. The van der Waals surface area contributed by atoms with Crippen LogP contribution in [0.3, 0.4) is 0 Å². The number of nitrogens with one attached hydrogen (secondary N) is 1. The van der Waals surface area contributed by atoms with E-state index >= 15 is 0 Å². The van der Waals surface area contributed by atoms with Crippen LogP contribution >= 0.6 is 0 Å². The second-order valence-corrected chi connectivity index (χ2v) is 4.63. The lowest BCUT2D eigenvalue weighted by atomic mass is 10.1. The zero-order chi connectivity index (χ0) is 14.7. The van der Waals surface area contributed by atoms with Gasteiger partial charge in [-0.25, -0.2) is 4.39 Å². The van der Waals surface area contributed by atoms with Crippen molar-refractivity contribution >= 4 is 11.4 Å². The predicted octanol–water partition coefficient (Wildman–Crippen LogP) is 3.96. The molecule has 2 aromatic rings. The van der Waals surface area contributed by atoms with E-state index in [-0.39, 0.29) is 11.5 Å². The fraction of sp³-hybridized carbons (Fsp3) is 0.200. The third kappa shape index (κ3) is 2.93. The van der Waals surface area contributed by atoms with Crippen LogP contribution in [0.4, 0.5) is 15.8 Å². The number of rotatable bonds is 4. The first-order valence-electron chi connectivity index (χ1n) is 6.22. The van der Waals surface area contributed by atoms with Crippen LogP contribution in [0, 0.1) is 29.8 Å². The lowest BCUT2D eigenvalue weighted by molar-refractivity contribution is -0.385. The topological polar surface area (TPSA) is 55.2 Å². The predicted molar refractivity (Wildman–Crippen MR) is 76.3 cm³/mol. The summed E-state index contributed by atoms with van der Waals surface area (Å²) in [7, 11) is 0. The van der Waals surface area contributed by atoms with Gasteiger partial charge in [0.05, 0.1) is 4.92 Å². The maximum atomic E-state index is 13.2. The van der Waals surface area contributed by atoms with Gasteiger partial charge in [0, 0.05) is 23.9 Å². The summed E-state index contributed by atoms with van der Waals surface area (Å²) in [5.41, 5.74) is 3.16. The van der Waals surface area contributed by atoms with Gasteiger partial charge in [0.15, 0.2) is 0 Å². The molecule has 0 radical (unpaired) electrons. The molecule has 5 heteroatoms. The minimum Gasteiger partial charge on any atom is -0.381 e. The first-order valence-corrected chi connectivity index (χ1v) is 6.22. The van der Waals surface area contributed by atoms with Gasteiger partial charge in [0.2, 0.25) is 0 Å². The van der Waals surface area contributed by atoms with Gasteiger partial charge >= 0.3 is 0 Å². The van der Waals surface area contributed by atoms with Gasteiger partial charge in [0.25, 0.3) is 5.69 Å². The molecule has 0 bridgehead atoms. The fourth-order valence-corrected chi connectivity index (χ4v) is 2.03. The fourth-order valence-electron chi connectivity index (χ4n) is 2.03. The smallest absolute Gasteiger partial charge is 0.272 e. The molecule has 0 aromatic heterocycles. The van der Waals surface area contributed by atoms with Crippen LogP contribution in [-0.4, -0.2) is 4.92 Å². The quantitative estimate of drug-likeness (QED) is 0.678. The molecule has 0 amide bonds. The number of hydrogen-bond donors (Lipinski definition) is 1. The summed E-state index contributed by atoms with van der Waals surface area (Å²) in [5, 5.41) is 14.0. The molecule has 0 atom stereocenters. The van der Waals surface area contributed by atoms with E-state index in [0.29, 0.717) is 17.8 Å². The Morgan fingerprint density at radius 3 is 2.70 bits per heavy atom. The maximum absolute atomic E-state index is 13.2. The molecule has 0 saturated carbocycles. The minimum absolute atomic E-state index is 0.0975. The van der Waals surface area contributed by atoms with Gasteiger partial charge in [-0.3, -0.25) is 10.1 Å². The minimum atomic E-state index is -0.397. The second-order valence-electron chi connectivity index (χ2n) is 4.63. The zero-order valence-electron chi connectivity index (χ0n) is 11.3. The number of halogens is 1. The van der Waals surface area contributed by atoms with Crippen molar-refractivity contribution < 1.29 is 9.31 Å². The van der Waals surface area contributed by atoms with Crippen molar-refractivity contribution in [3.05, 3.63) is 69.0 Å². The molecule has 1 N–H and O–H groups in total. The van der Waals surface area contributed by atoms with E-state index in [2.05, 4.69) is 5.32 Å². The van der Waals surface area contributed by atoms with Gasteiger partial charge in [-0.15, -0.1) is 0 Å². The van der Waals surface area contributed by atoms with Crippen molar-refractivity contribution in [2.24, 2.45) is 0 Å². The molecule has 0 heterocycles. The molecule has 0 aliphatic heterocycles. The van der Waals surface area contributed by atoms with Crippen molar-refractivity contribution in [3.8, 4) is 0 Å². The Kier molecular flexibility index (Phi) is 3.98. The van der Waals surface area contributed by atoms with Crippen LogP contribution < -0.4 is 5.32 Å². The van der Waals surface area contributed by atoms with Crippen molar-refractivity contribution in [3.63, 3.8) is 0 Å². The normalized spacial score (nSPS) is 10.3. The van der Waals surface area contributed by atoms with Gasteiger partial charge in [-0.05, 0) is 37.1 Å². The van der Waals surface area contributed by atoms with Gasteiger partial charge in [0.1, 0.15) is 5.82 Å². The molecule has 104 valence electrons. The molecular weight excluding hydrogens is 259 g/mol. The largest absolute Gasteiger partial charge is 0.381 e. The number of nitrogens with zero attached hydrogens (tertiary/aromatic N) is 1. The van der Waals surface area contributed by atoms with Crippen LogP contribution in [0.25, 0.3) is 0 Å². The van der Waals surface area contributed by atoms with Crippen LogP contribution in [0.2, 0.25) is 0 Å². The summed E-state index contributed by atoms with van der Waals surface area (Å²) in [5.74, 6) is -0.311. The van der Waals surface area contributed by atoms with E-state index in [1.807, 2.05) is 13.0 Å². The Balaban J connectivity index is 2.21. The Bertz CT molecular complexity index is 656. The average Bonchev–Trinajstić information content (AvgIpc) is 2.41. The van der Waals surface area contributed by atoms with E-state index in [4.69, 9.17) is 0 Å². The summed E-state index contributed by atoms with van der Waals surface area (Å²) < 4.78 is 13.2. The van der Waals surface area contributed by atoms with Crippen molar-refractivity contribution in [1.29, 1.82) is 0 Å². The highest BCUT2D eigenvalue weighted by Gasteiger charge is 2.13. The molecule has 0 unspecified atom stereocenters. The van der Waals surface area contributed by atoms with Crippen LogP contribution in [-0.2, 0) is 6.54 Å². The van der Waals surface area contributed by atoms with Crippen LogP contribution in [0.1, 0.15) is 16.7 Å². The molecule has 2 rings (SSSR count). The number of hydrogen-bond acceptors (Lipinski definition) is 3. The molecule has 0 spiro atoms. The number of nitro groups is 1. The lowest BCUT2D eigenvalue weighted by Gasteiger charge is -2.11. The summed E-state index contributed by atoms with van der Waals surface area (Å²) >= 11 is 0. The van der Waals surface area contributed by atoms with Crippen molar-refractivity contribution in [1.82, 2.24) is 0 Å². The number of anilines is 1. The third-order valence-corrected chi connectivity index (χ3v) is 3.28. The first kappa shape index (κ1) is 14.0. The standard InChI is InChI=1S/C15H15FN2O2/c1-10-6-7-13(16)8-14(10)17-9-12-4-3-5-15(11(12)2)18(19)20/h3-8,17H,9H2,1-2H3. The first-order chi connectivity index (χ1) is 9.49. The SMILES string of the molecule is Cc1ccc(F)cc1NCc1cccc([N+](=O)[O-])c1C. The lowest BCUT2D eigenvalue weighted by Crippen LogP contribution is -2.04.